The molecule has 0 bridgehead atoms. The Labute approximate surface area is 85.0 Å². The van der Waals surface area contributed by atoms with Gasteiger partial charge in [0, 0.05) is 12.7 Å². The van der Waals surface area contributed by atoms with Crippen molar-refractivity contribution in [1.29, 1.82) is 0 Å². The van der Waals surface area contributed by atoms with Gasteiger partial charge in [-0.25, -0.2) is 4.98 Å². The summed E-state index contributed by atoms with van der Waals surface area (Å²) in [6.07, 6.45) is 6.63. The summed E-state index contributed by atoms with van der Waals surface area (Å²) < 4.78 is 0. The smallest absolute Gasteiger partial charge is 0.224 e. The molecule has 1 aromatic heterocycles. The Morgan fingerprint density at radius 3 is 2.93 bits per heavy atom. The largest absolute Gasteiger partial charge is 0.384 e. The third kappa shape index (κ3) is 4.07. The molecule has 1 rings (SSSR count). The van der Waals surface area contributed by atoms with Gasteiger partial charge in [0.15, 0.2) is 0 Å². The van der Waals surface area contributed by atoms with Crippen molar-refractivity contribution in [2.75, 3.05) is 17.6 Å². The minimum Gasteiger partial charge on any atom is -0.384 e. The first-order valence-corrected chi connectivity index (χ1v) is 5.15. The van der Waals surface area contributed by atoms with Crippen LogP contribution in [0.5, 0.6) is 0 Å². The van der Waals surface area contributed by atoms with Crippen LogP contribution in [0.2, 0.25) is 0 Å². The summed E-state index contributed by atoms with van der Waals surface area (Å²) in [6.45, 7) is 3.12. The van der Waals surface area contributed by atoms with Gasteiger partial charge < -0.3 is 11.1 Å². The summed E-state index contributed by atoms with van der Waals surface area (Å²) in [5.41, 5.74) is 5.52. The Morgan fingerprint density at radius 1 is 1.36 bits per heavy atom. The highest BCUT2D eigenvalue weighted by Gasteiger charge is 1.94. The molecule has 0 amide bonds. The molecule has 14 heavy (non-hydrogen) atoms. The van der Waals surface area contributed by atoms with Crippen molar-refractivity contribution in [2.24, 2.45) is 0 Å². The number of aromatic nitrogens is 2. The normalized spacial score (nSPS) is 10.1. The number of hydrogen-bond donors (Lipinski definition) is 2. The molecule has 0 aromatic carbocycles. The second-order valence-corrected chi connectivity index (χ2v) is 3.29. The average molecular weight is 194 g/mol. The van der Waals surface area contributed by atoms with Crippen molar-refractivity contribution in [2.45, 2.75) is 32.6 Å². The number of rotatable bonds is 6. The van der Waals surface area contributed by atoms with E-state index >= 15 is 0 Å². The van der Waals surface area contributed by atoms with Gasteiger partial charge in [-0.15, -0.1) is 0 Å². The zero-order valence-corrected chi connectivity index (χ0v) is 8.66. The van der Waals surface area contributed by atoms with E-state index in [0.717, 1.165) is 13.0 Å². The van der Waals surface area contributed by atoms with Crippen LogP contribution in [0.4, 0.5) is 11.8 Å². The SMILES string of the molecule is CCCCCCNc1nccc(N)n1. The van der Waals surface area contributed by atoms with Gasteiger partial charge in [0.25, 0.3) is 0 Å². The third-order valence-electron chi connectivity index (χ3n) is 1.99. The number of hydrogen-bond acceptors (Lipinski definition) is 4. The topological polar surface area (TPSA) is 63.8 Å². The van der Waals surface area contributed by atoms with Crippen LogP contribution in [-0.4, -0.2) is 16.5 Å². The van der Waals surface area contributed by atoms with Crippen LogP contribution in [0.15, 0.2) is 12.3 Å². The van der Waals surface area contributed by atoms with E-state index in [0.29, 0.717) is 11.8 Å². The minimum atomic E-state index is 0.510. The fraction of sp³-hybridized carbons (Fsp3) is 0.600. The van der Waals surface area contributed by atoms with E-state index in [1.165, 1.54) is 19.3 Å². The summed E-state index contributed by atoms with van der Waals surface area (Å²) in [5.74, 6) is 1.14. The number of anilines is 2. The maximum absolute atomic E-state index is 5.52. The number of nitrogens with zero attached hydrogens (tertiary/aromatic N) is 2. The van der Waals surface area contributed by atoms with Crippen LogP contribution in [0.1, 0.15) is 32.6 Å². The van der Waals surface area contributed by atoms with Crippen molar-refractivity contribution < 1.29 is 0 Å². The maximum Gasteiger partial charge on any atom is 0.224 e. The molecule has 78 valence electrons. The van der Waals surface area contributed by atoms with Crippen molar-refractivity contribution in [3.05, 3.63) is 12.3 Å². The Bertz CT molecular complexity index is 262. The van der Waals surface area contributed by atoms with E-state index < -0.39 is 0 Å². The second kappa shape index (κ2) is 6.18. The fourth-order valence-corrected chi connectivity index (χ4v) is 1.21. The molecular weight excluding hydrogens is 176 g/mol. The van der Waals surface area contributed by atoms with Crippen LogP contribution in [0.25, 0.3) is 0 Å². The van der Waals surface area contributed by atoms with Crippen molar-refractivity contribution in [3.63, 3.8) is 0 Å². The molecule has 0 atom stereocenters. The van der Waals surface area contributed by atoms with Gasteiger partial charge in [-0.3, -0.25) is 0 Å². The van der Waals surface area contributed by atoms with Crippen LogP contribution < -0.4 is 11.1 Å². The Kier molecular flexibility index (Phi) is 4.75. The first kappa shape index (κ1) is 10.8. The Morgan fingerprint density at radius 2 is 2.21 bits per heavy atom. The molecule has 0 aliphatic carbocycles. The predicted molar refractivity (Wildman–Crippen MR) is 59.1 cm³/mol. The quantitative estimate of drug-likeness (QED) is 0.680. The third-order valence-corrected chi connectivity index (χ3v) is 1.99. The molecule has 0 fully saturated rings. The molecule has 0 spiro atoms. The summed E-state index contributed by atoms with van der Waals surface area (Å²) in [4.78, 5) is 8.10. The van der Waals surface area contributed by atoms with Crippen LogP contribution in [0.3, 0.4) is 0 Å². The van der Waals surface area contributed by atoms with Gasteiger partial charge in [0.2, 0.25) is 5.95 Å². The second-order valence-electron chi connectivity index (χ2n) is 3.29. The minimum absolute atomic E-state index is 0.510. The predicted octanol–water partition coefficient (Wildman–Crippen LogP) is 2.05. The van der Waals surface area contributed by atoms with E-state index in [1.807, 2.05) is 0 Å². The highest BCUT2D eigenvalue weighted by atomic mass is 15.1. The molecule has 1 heterocycles. The van der Waals surface area contributed by atoms with E-state index in [1.54, 1.807) is 12.3 Å². The van der Waals surface area contributed by atoms with Crippen molar-refractivity contribution >= 4 is 11.8 Å². The molecular formula is C10H18N4. The molecule has 0 aliphatic rings. The zero-order valence-electron chi connectivity index (χ0n) is 8.66. The zero-order chi connectivity index (χ0) is 10.2. The lowest BCUT2D eigenvalue weighted by Crippen LogP contribution is -2.06. The number of nitrogens with one attached hydrogen (secondary N) is 1. The lowest BCUT2D eigenvalue weighted by atomic mass is 10.2. The van der Waals surface area contributed by atoms with E-state index in [4.69, 9.17) is 5.73 Å². The molecule has 0 saturated carbocycles. The standard InChI is InChI=1S/C10H18N4/c1-2-3-4-5-7-12-10-13-8-6-9(11)14-10/h6,8H,2-5,7H2,1H3,(H3,11,12,13,14). The highest BCUT2D eigenvalue weighted by molar-refractivity contribution is 5.34. The van der Waals surface area contributed by atoms with Gasteiger partial charge in [-0.1, -0.05) is 26.2 Å². The molecule has 0 saturated heterocycles. The molecule has 4 nitrogen and oxygen atoms in total. The van der Waals surface area contributed by atoms with Crippen LogP contribution in [0, 0.1) is 0 Å². The van der Waals surface area contributed by atoms with Gasteiger partial charge in [-0.2, -0.15) is 4.98 Å². The summed E-state index contributed by atoms with van der Waals surface area (Å²) in [7, 11) is 0. The van der Waals surface area contributed by atoms with Crippen molar-refractivity contribution in [3.8, 4) is 0 Å². The summed E-state index contributed by atoms with van der Waals surface area (Å²) >= 11 is 0. The molecule has 0 aliphatic heterocycles. The van der Waals surface area contributed by atoms with Gasteiger partial charge in [-0.05, 0) is 12.5 Å². The molecule has 1 aromatic rings. The van der Waals surface area contributed by atoms with Gasteiger partial charge in [0.1, 0.15) is 5.82 Å². The van der Waals surface area contributed by atoms with Crippen LogP contribution >= 0.6 is 0 Å². The highest BCUT2D eigenvalue weighted by Crippen LogP contribution is 2.03. The monoisotopic (exact) mass is 194 g/mol. The fourth-order valence-electron chi connectivity index (χ4n) is 1.21. The lowest BCUT2D eigenvalue weighted by molar-refractivity contribution is 0.683. The number of nitrogen functional groups attached to an aromatic ring is 1. The van der Waals surface area contributed by atoms with E-state index in [9.17, 15) is 0 Å². The van der Waals surface area contributed by atoms with Gasteiger partial charge in [0.05, 0.1) is 0 Å². The van der Waals surface area contributed by atoms with Crippen molar-refractivity contribution in [1.82, 2.24) is 9.97 Å². The molecule has 0 unspecified atom stereocenters. The molecule has 3 N–H and O–H groups in total. The van der Waals surface area contributed by atoms with E-state index in [2.05, 4.69) is 22.2 Å². The number of nitrogens with two attached hydrogens (primary N) is 1. The first-order chi connectivity index (χ1) is 6.83. The Balaban J connectivity index is 2.18. The number of unbranched alkanes of at least 4 members (excludes halogenated alkanes) is 3. The van der Waals surface area contributed by atoms with Crippen LogP contribution in [-0.2, 0) is 0 Å². The molecule has 4 heteroatoms. The van der Waals surface area contributed by atoms with E-state index in [-0.39, 0.29) is 0 Å². The van der Waals surface area contributed by atoms with Gasteiger partial charge >= 0.3 is 0 Å². The lowest BCUT2D eigenvalue weighted by Gasteiger charge is -2.03. The Hall–Kier alpha value is -1.32. The first-order valence-electron chi connectivity index (χ1n) is 5.15. The molecule has 0 radical (unpaired) electrons. The summed E-state index contributed by atoms with van der Waals surface area (Å²) in [5, 5.41) is 3.14. The average Bonchev–Trinajstić information content (AvgIpc) is 2.18. The maximum atomic E-state index is 5.52. The summed E-state index contributed by atoms with van der Waals surface area (Å²) in [6, 6.07) is 1.68.